The fraction of sp³-hybridized carbons (Fsp3) is 0.214. The third-order valence-electron chi connectivity index (χ3n) is 2.85. The van der Waals surface area contributed by atoms with Crippen molar-refractivity contribution in [2.75, 3.05) is 7.11 Å². The third kappa shape index (κ3) is 3.09. The van der Waals surface area contributed by atoms with Gasteiger partial charge in [-0.1, -0.05) is 18.2 Å². The lowest BCUT2D eigenvalue weighted by molar-refractivity contribution is -0.139. The maximum atomic E-state index is 13.6. The molecule has 1 heterocycles. The highest BCUT2D eigenvalue weighted by Gasteiger charge is 2.25. The molecule has 0 saturated carbocycles. The van der Waals surface area contributed by atoms with Crippen LogP contribution in [0, 0.1) is 5.82 Å². The quantitative estimate of drug-likeness (QED) is 0.904. The van der Waals surface area contributed by atoms with Gasteiger partial charge in [0.15, 0.2) is 0 Å². The zero-order valence-corrected chi connectivity index (χ0v) is 10.8. The molecule has 0 saturated heterocycles. The molecule has 1 aromatic heterocycles. The molecule has 0 aliphatic rings. The van der Waals surface area contributed by atoms with Crippen LogP contribution < -0.4 is 4.74 Å². The second-order valence-corrected chi connectivity index (χ2v) is 4.14. The predicted octanol–water partition coefficient (Wildman–Crippen LogP) is 2.04. The molecule has 0 fully saturated rings. The number of halogens is 1. The Hall–Kier alpha value is -2.50. The topological polar surface area (TPSA) is 72.3 Å². The summed E-state index contributed by atoms with van der Waals surface area (Å²) in [5.41, 5.74) is 0.311. The Bertz CT molecular complexity index is 619. The van der Waals surface area contributed by atoms with Crippen LogP contribution >= 0.6 is 0 Å². The van der Waals surface area contributed by atoms with E-state index in [1.54, 1.807) is 18.2 Å². The molecule has 0 radical (unpaired) electrons. The van der Waals surface area contributed by atoms with Crippen molar-refractivity contribution in [2.24, 2.45) is 0 Å². The number of ether oxygens (including phenoxy) is 1. The Morgan fingerprint density at radius 2 is 2.15 bits per heavy atom. The summed E-state index contributed by atoms with van der Waals surface area (Å²) in [6.45, 7) is 0. The summed E-state index contributed by atoms with van der Waals surface area (Å²) in [5, 5.41) is 9.30. The van der Waals surface area contributed by atoms with E-state index < -0.39 is 17.7 Å². The molecule has 1 aromatic carbocycles. The summed E-state index contributed by atoms with van der Waals surface area (Å²) in [6.07, 6.45) is 1.40. The van der Waals surface area contributed by atoms with Crippen LogP contribution in [-0.4, -0.2) is 28.2 Å². The van der Waals surface area contributed by atoms with Crippen LogP contribution in [0.4, 0.5) is 4.39 Å². The fourth-order valence-electron chi connectivity index (χ4n) is 1.81. The van der Waals surface area contributed by atoms with Gasteiger partial charge in [0.05, 0.1) is 7.11 Å². The molecular weight excluding hydrogens is 263 g/mol. The number of hydrogen-bond acceptors (Lipinski definition) is 4. The number of carboxylic acid groups (broad SMARTS) is 1. The van der Waals surface area contributed by atoms with Crippen molar-refractivity contribution in [2.45, 2.75) is 12.3 Å². The number of rotatable bonds is 5. The lowest BCUT2D eigenvalue weighted by atomic mass is 9.98. The highest BCUT2D eigenvalue weighted by molar-refractivity contribution is 5.75. The van der Waals surface area contributed by atoms with Gasteiger partial charge in [-0.05, 0) is 18.1 Å². The second-order valence-electron chi connectivity index (χ2n) is 4.14. The first-order valence-corrected chi connectivity index (χ1v) is 5.95. The van der Waals surface area contributed by atoms with Crippen molar-refractivity contribution < 1.29 is 19.0 Å². The van der Waals surface area contributed by atoms with E-state index in [1.165, 1.54) is 25.4 Å². The van der Waals surface area contributed by atoms with E-state index in [-0.39, 0.29) is 18.1 Å². The summed E-state index contributed by atoms with van der Waals surface area (Å²) in [7, 11) is 1.43. The molecule has 2 rings (SSSR count). The molecule has 0 spiro atoms. The van der Waals surface area contributed by atoms with E-state index in [4.69, 9.17) is 4.74 Å². The van der Waals surface area contributed by atoms with E-state index in [0.29, 0.717) is 5.56 Å². The first-order chi connectivity index (χ1) is 9.61. The van der Waals surface area contributed by atoms with Crippen LogP contribution in [0.1, 0.15) is 17.3 Å². The molecule has 1 atom stereocenters. The molecule has 1 unspecified atom stereocenters. The zero-order chi connectivity index (χ0) is 14.5. The number of benzene rings is 1. The normalized spacial score (nSPS) is 11.9. The van der Waals surface area contributed by atoms with Crippen molar-refractivity contribution in [3.05, 3.63) is 53.7 Å². The zero-order valence-electron chi connectivity index (χ0n) is 10.8. The molecule has 1 N–H and O–H groups in total. The fourth-order valence-corrected chi connectivity index (χ4v) is 1.81. The SMILES string of the molecule is COc1ccnc(C(Cc2ccccc2F)C(=O)O)n1. The summed E-state index contributed by atoms with van der Waals surface area (Å²) >= 11 is 0. The van der Waals surface area contributed by atoms with E-state index in [9.17, 15) is 14.3 Å². The highest BCUT2D eigenvalue weighted by Crippen LogP contribution is 2.21. The number of carboxylic acids is 1. The van der Waals surface area contributed by atoms with Gasteiger partial charge in [0.1, 0.15) is 17.6 Å². The average molecular weight is 276 g/mol. The van der Waals surface area contributed by atoms with Crippen LogP contribution in [0.15, 0.2) is 36.5 Å². The summed E-state index contributed by atoms with van der Waals surface area (Å²) in [4.78, 5) is 19.3. The minimum Gasteiger partial charge on any atom is -0.481 e. The second kappa shape index (κ2) is 6.10. The number of methoxy groups -OCH3 is 1. The third-order valence-corrected chi connectivity index (χ3v) is 2.85. The van der Waals surface area contributed by atoms with E-state index >= 15 is 0 Å². The smallest absolute Gasteiger partial charge is 0.314 e. The van der Waals surface area contributed by atoms with E-state index in [2.05, 4.69) is 9.97 Å². The molecule has 104 valence electrons. The van der Waals surface area contributed by atoms with Gasteiger partial charge in [-0.25, -0.2) is 9.37 Å². The monoisotopic (exact) mass is 276 g/mol. The number of nitrogens with zero attached hydrogens (tertiary/aromatic N) is 2. The first kappa shape index (κ1) is 13.9. The first-order valence-electron chi connectivity index (χ1n) is 5.95. The molecule has 5 nitrogen and oxygen atoms in total. The van der Waals surface area contributed by atoms with E-state index in [1.807, 2.05) is 0 Å². The van der Waals surface area contributed by atoms with Crippen molar-refractivity contribution in [3.8, 4) is 5.88 Å². The van der Waals surface area contributed by atoms with Gasteiger partial charge in [-0.3, -0.25) is 4.79 Å². The van der Waals surface area contributed by atoms with Gasteiger partial charge in [-0.2, -0.15) is 4.98 Å². The molecule has 20 heavy (non-hydrogen) atoms. The summed E-state index contributed by atoms with van der Waals surface area (Å²) in [5.74, 6) is -2.21. The van der Waals surface area contributed by atoms with Crippen LogP contribution in [-0.2, 0) is 11.2 Å². The number of carbonyl (C=O) groups is 1. The minimum atomic E-state index is -1.11. The molecule has 2 aromatic rings. The summed E-state index contributed by atoms with van der Waals surface area (Å²) in [6, 6.07) is 7.57. The lowest BCUT2D eigenvalue weighted by Gasteiger charge is -2.12. The predicted molar refractivity (Wildman–Crippen MR) is 69.1 cm³/mol. The van der Waals surface area contributed by atoms with Crippen LogP contribution in [0.2, 0.25) is 0 Å². The van der Waals surface area contributed by atoms with Gasteiger partial charge in [0, 0.05) is 12.3 Å². The number of hydrogen-bond donors (Lipinski definition) is 1. The Balaban J connectivity index is 2.32. The van der Waals surface area contributed by atoms with Gasteiger partial charge in [0.2, 0.25) is 5.88 Å². The molecule has 0 bridgehead atoms. The molecule has 6 heteroatoms. The van der Waals surface area contributed by atoms with Crippen LogP contribution in [0.3, 0.4) is 0 Å². The van der Waals surface area contributed by atoms with E-state index in [0.717, 1.165) is 0 Å². The standard InChI is InChI=1S/C14H13FN2O3/c1-20-12-6-7-16-13(17-12)10(14(18)19)8-9-4-2-3-5-11(9)15/h2-7,10H,8H2,1H3,(H,18,19). The molecular formula is C14H13FN2O3. The van der Waals surface area contributed by atoms with Gasteiger partial charge in [0.25, 0.3) is 0 Å². The Morgan fingerprint density at radius 3 is 2.80 bits per heavy atom. The Morgan fingerprint density at radius 1 is 1.40 bits per heavy atom. The lowest BCUT2D eigenvalue weighted by Crippen LogP contribution is -2.18. The number of aliphatic carboxylic acids is 1. The van der Waals surface area contributed by atoms with Crippen molar-refractivity contribution in [1.82, 2.24) is 9.97 Å². The Labute approximate surface area is 115 Å². The Kier molecular flexibility index (Phi) is 4.24. The van der Waals surface area contributed by atoms with Crippen molar-refractivity contribution >= 4 is 5.97 Å². The average Bonchev–Trinajstić information content (AvgIpc) is 2.46. The minimum absolute atomic E-state index is 0.0187. The van der Waals surface area contributed by atoms with Crippen LogP contribution in [0.25, 0.3) is 0 Å². The molecule has 0 aliphatic carbocycles. The number of aromatic nitrogens is 2. The van der Waals surface area contributed by atoms with Crippen molar-refractivity contribution in [1.29, 1.82) is 0 Å². The maximum Gasteiger partial charge on any atom is 0.314 e. The maximum absolute atomic E-state index is 13.6. The van der Waals surface area contributed by atoms with Crippen molar-refractivity contribution in [3.63, 3.8) is 0 Å². The van der Waals surface area contributed by atoms with Gasteiger partial charge >= 0.3 is 5.97 Å². The molecule has 0 aliphatic heterocycles. The van der Waals surface area contributed by atoms with Crippen LogP contribution in [0.5, 0.6) is 5.88 Å². The van der Waals surface area contributed by atoms with Gasteiger partial charge in [-0.15, -0.1) is 0 Å². The largest absolute Gasteiger partial charge is 0.481 e. The summed E-state index contributed by atoms with van der Waals surface area (Å²) < 4.78 is 18.6. The van der Waals surface area contributed by atoms with Gasteiger partial charge < -0.3 is 9.84 Å². The molecule has 0 amide bonds. The highest BCUT2D eigenvalue weighted by atomic mass is 19.1.